The Hall–Kier alpha value is -0.480. The molecule has 5 aliphatic rings. The molecular formula is C35H62O12. The highest BCUT2D eigenvalue weighted by Crippen LogP contribution is 2.69. The molecule has 18 unspecified atom stereocenters. The highest BCUT2D eigenvalue weighted by molar-refractivity contribution is 5.23. The predicted octanol–water partition coefficient (Wildman–Crippen LogP) is 0.308. The Morgan fingerprint density at radius 3 is 2.19 bits per heavy atom. The van der Waals surface area contributed by atoms with E-state index in [4.69, 9.17) is 14.2 Å². The largest absolute Gasteiger partial charge is 0.394 e. The van der Waals surface area contributed by atoms with Crippen molar-refractivity contribution in [3.63, 3.8) is 0 Å². The lowest BCUT2D eigenvalue weighted by atomic mass is 9.41. The summed E-state index contributed by atoms with van der Waals surface area (Å²) in [6.07, 6.45) is -5.47. The number of fused-ring (bicyclic) bond motifs is 5. The summed E-state index contributed by atoms with van der Waals surface area (Å²) in [5, 5.41) is 99.9. The topological polar surface area (TPSA) is 210 Å². The molecule has 0 amide bonds. The fourth-order valence-electron chi connectivity index (χ4n) is 11.2. The van der Waals surface area contributed by atoms with Crippen molar-refractivity contribution in [2.75, 3.05) is 20.3 Å². The minimum absolute atomic E-state index is 0.0202. The third-order valence-corrected chi connectivity index (χ3v) is 14.3. The molecule has 1 saturated heterocycles. The first-order valence-electron chi connectivity index (χ1n) is 17.8. The Bertz CT molecular complexity index is 1080. The van der Waals surface area contributed by atoms with Crippen molar-refractivity contribution in [3.8, 4) is 0 Å². The second-order valence-electron chi connectivity index (χ2n) is 16.8. The fourth-order valence-corrected chi connectivity index (χ4v) is 11.2. The van der Waals surface area contributed by atoms with Crippen molar-refractivity contribution >= 4 is 0 Å². The first-order valence-corrected chi connectivity index (χ1v) is 17.8. The number of aliphatic hydroxyl groups excluding tert-OH is 7. The van der Waals surface area contributed by atoms with Gasteiger partial charge in [-0.3, -0.25) is 0 Å². The lowest BCUT2D eigenvalue weighted by Gasteiger charge is -2.67. The summed E-state index contributed by atoms with van der Waals surface area (Å²) in [5.41, 5.74) is -3.97. The predicted molar refractivity (Wildman–Crippen MR) is 170 cm³/mol. The van der Waals surface area contributed by atoms with Crippen molar-refractivity contribution in [1.29, 1.82) is 0 Å². The van der Waals surface area contributed by atoms with Gasteiger partial charge in [-0.05, 0) is 91.8 Å². The zero-order valence-corrected chi connectivity index (χ0v) is 29.0. The lowest BCUT2D eigenvalue weighted by molar-refractivity contribution is -0.309. The minimum atomic E-state index is -1.68. The van der Waals surface area contributed by atoms with Crippen LogP contribution in [0.1, 0.15) is 86.0 Å². The van der Waals surface area contributed by atoms with Crippen LogP contribution in [0.2, 0.25) is 0 Å². The van der Waals surface area contributed by atoms with Gasteiger partial charge in [0.2, 0.25) is 0 Å². The fraction of sp³-hybridized carbons (Fsp3) is 1.00. The summed E-state index contributed by atoms with van der Waals surface area (Å²) in [5.74, 6) is -1.52. The molecule has 0 aromatic heterocycles. The zero-order chi connectivity index (χ0) is 34.9. The average Bonchev–Trinajstić information content (AvgIpc) is 3.47. The van der Waals surface area contributed by atoms with E-state index in [9.17, 15) is 46.0 Å². The van der Waals surface area contributed by atoms with Gasteiger partial charge in [0, 0.05) is 13.0 Å². The van der Waals surface area contributed by atoms with Crippen molar-refractivity contribution in [1.82, 2.24) is 0 Å². The number of rotatable bonds is 11. The third-order valence-electron chi connectivity index (χ3n) is 14.3. The summed E-state index contributed by atoms with van der Waals surface area (Å²) in [7, 11) is 1.37. The quantitative estimate of drug-likeness (QED) is 0.145. The highest BCUT2D eigenvalue weighted by Gasteiger charge is 2.73. The van der Waals surface area contributed by atoms with E-state index in [1.807, 2.05) is 13.8 Å². The van der Waals surface area contributed by atoms with E-state index >= 15 is 0 Å². The van der Waals surface area contributed by atoms with Crippen LogP contribution in [-0.2, 0) is 14.2 Å². The maximum Gasteiger partial charge on any atom is 0.186 e. The van der Waals surface area contributed by atoms with Crippen LogP contribution in [0.15, 0.2) is 0 Å². The van der Waals surface area contributed by atoms with Crippen molar-refractivity contribution in [2.24, 2.45) is 46.3 Å². The van der Waals surface area contributed by atoms with Gasteiger partial charge < -0.3 is 60.2 Å². The van der Waals surface area contributed by atoms with E-state index in [0.717, 1.165) is 6.42 Å². The van der Waals surface area contributed by atoms with Crippen LogP contribution < -0.4 is 0 Å². The first-order chi connectivity index (χ1) is 21.9. The molecular weight excluding hydrogens is 612 g/mol. The average molecular weight is 675 g/mol. The summed E-state index contributed by atoms with van der Waals surface area (Å²) in [6.45, 7) is 9.45. The molecule has 274 valence electrons. The van der Waals surface area contributed by atoms with Gasteiger partial charge in [0.1, 0.15) is 36.1 Å². The molecule has 5 rings (SSSR count). The molecule has 4 saturated carbocycles. The SMILES string of the molecule is COC(CO)C1OC(OCC(O)(CCC(C)C2CC(O)C3C2(C)CCC2C4(C)CCC(O)CC4C(O)C(O)C23O)C(C)C)C(O)C1O. The molecule has 18 atom stereocenters. The van der Waals surface area contributed by atoms with E-state index in [1.165, 1.54) is 7.11 Å². The number of hydrogen-bond donors (Lipinski definition) is 9. The zero-order valence-electron chi connectivity index (χ0n) is 29.0. The highest BCUT2D eigenvalue weighted by atomic mass is 16.7. The summed E-state index contributed by atoms with van der Waals surface area (Å²) < 4.78 is 16.7. The van der Waals surface area contributed by atoms with Crippen molar-refractivity contribution in [2.45, 2.75) is 152 Å². The Balaban J connectivity index is 1.28. The number of methoxy groups -OCH3 is 1. The van der Waals surface area contributed by atoms with Crippen LogP contribution in [0.5, 0.6) is 0 Å². The minimum Gasteiger partial charge on any atom is -0.394 e. The maximum absolute atomic E-state index is 12.6. The molecule has 12 nitrogen and oxygen atoms in total. The molecule has 12 heteroatoms. The molecule has 0 aromatic carbocycles. The Morgan fingerprint density at radius 1 is 0.915 bits per heavy atom. The van der Waals surface area contributed by atoms with Crippen LogP contribution in [-0.4, -0.2) is 133 Å². The van der Waals surface area contributed by atoms with Gasteiger partial charge in [0.05, 0.1) is 37.1 Å². The van der Waals surface area contributed by atoms with Crippen LogP contribution in [0.25, 0.3) is 0 Å². The molecule has 0 bridgehead atoms. The molecule has 9 N–H and O–H groups in total. The normalized spacial score (nSPS) is 50.8. The smallest absolute Gasteiger partial charge is 0.186 e. The van der Waals surface area contributed by atoms with E-state index < -0.39 is 89.7 Å². The van der Waals surface area contributed by atoms with E-state index in [0.29, 0.717) is 44.9 Å². The number of hydrogen-bond acceptors (Lipinski definition) is 12. The third kappa shape index (κ3) is 6.04. The van der Waals surface area contributed by atoms with Crippen LogP contribution in [0.4, 0.5) is 0 Å². The Kier molecular flexibility index (Phi) is 10.9. The van der Waals surface area contributed by atoms with Gasteiger partial charge >= 0.3 is 0 Å². The molecule has 4 aliphatic carbocycles. The van der Waals surface area contributed by atoms with E-state index in [-0.39, 0.29) is 36.2 Å². The van der Waals surface area contributed by atoms with Gasteiger partial charge in [-0.2, -0.15) is 0 Å². The second kappa shape index (κ2) is 13.6. The molecule has 1 aliphatic heterocycles. The summed E-state index contributed by atoms with van der Waals surface area (Å²) in [6, 6.07) is 0. The maximum atomic E-state index is 12.6. The van der Waals surface area contributed by atoms with Gasteiger partial charge in [-0.25, -0.2) is 0 Å². The Labute approximate surface area is 279 Å². The van der Waals surface area contributed by atoms with E-state index in [1.54, 1.807) is 0 Å². The van der Waals surface area contributed by atoms with Gasteiger partial charge in [-0.1, -0.05) is 34.6 Å². The van der Waals surface area contributed by atoms with Crippen LogP contribution >= 0.6 is 0 Å². The molecule has 0 aromatic rings. The standard InChI is InChI=1S/C35H62O12/c1-17(2)34(43,16-46-31-27(41)26(40)28(47-31)23(15-36)45-6)12-7-18(3)20-14-22(38)29-33(20,5)11-9-24-32(4)10-8-19(37)13-21(32)25(39)30(42)35(24,29)44/h17-31,36-44H,7-16H2,1-6H3. The lowest BCUT2D eigenvalue weighted by Crippen LogP contribution is -2.75. The second-order valence-corrected chi connectivity index (χ2v) is 16.8. The first kappa shape index (κ1) is 37.8. The summed E-state index contributed by atoms with van der Waals surface area (Å²) in [4.78, 5) is 0. The van der Waals surface area contributed by atoms with Gasteiger partial charge in [0.25, 0.3) is 0 Å². The van der Waals surface area contributed by atoms with Crippen LogP contribution in [0.3, 0.4) is 0 Å². The van der Waals surface area contributed by atoms with Crippen molar-refractivity contribution < 1.29 is 60.2 Å². The van der Waals surface area contributed by atoms with Crippen molar-refractivity contribution in [3.05, 3.63) is 0 Å². The monoisotopic (exact) mass is 674 g/mol. The summed E-state index contributed by atoms with van der Waals surface area (Å²) >= 11 is 0. The number of ether oxygens (including phenoxy) is 3. The molecule has 5 fully saturated rings. The van der Waals surface area contributed by atoms with E-state index in [2.05, 4.69) is 20.8 Å². The van der Waals surface area contributed by atoms with Gasteiger partial charge in [0.15, 0.2) is 6.29 Å². The molecule has 47 heavy (non-hydrogen) atoms. The van der Waals surface area contributed by atoms with Gasteiger partial charge in [-0.15, -0.1) is 0 Å². The number of aliphatic hydroxyl groups is 9. The Morgan fingerprint density at radius 2 is 1.57 bits per heavy atom. The molecule has 0 spiro atoms. The molecule has 0 radical (unpaired) electrons. The molecule has 1 heterocycles. The van der Waals surface area contributed by atoms with Crippen LogP contribution in [0, 0.1) is 46.3 Å².